The van der Waals surface area contributed by atoms with Gasteiger partial charge in [0.05, 0.1) is 0 Å². The fourth-order valence-corrected chi connectivity index (χ4v) is 2.52. The monoisotopic (exact) mass is 239 g/mol. The Kier molecular flexibility index (Phi) is 5.16. The van der Waals surface area contributed by atoms with Crippen molar-refractivity contribution in [1.82, 2.24) is 5.32 Å². The predicted octanol–water partition coefficient (Wildman–Crippen LogP) is 2.16. The molecule has 0 aromatic heterocycles. The van der Waals surface area contributed by atoms with Gasteiger partial charge in [-0.2, -0.15) is 0 Å². The van der Waals surface area contributed by atoms with Gasteiger partial charge in [-0.05, 0) is 37.5 Å². The highest BCUT2D eigenvalue weighted by Gasteiger charge is 2.05. The molecule has 0 saturated carbocycles. The average molecular weight is 239 g/mol. The molecule has 90 valence electrons. The van der Waals surface area contributed by atoms with Crippen molar-refractivity contribution in [2.45, 2.75) is 33.4 Å². The van der Waals surface area contributed by atoms with Crippen molar-refractivity contribution >= 4 is 10.8 Å². The van der Waals surface area contributed by atoms with E-state index in [0.29, 0.717) is 11.8 Å². The molecule has 3 heteroatoms. The predicted molar refractivity (Wildman–Crippen MR) is 71.2 cm³/mol. The van der Waals surface area contributed by atoms with Crippen LogP contribution in [0.2, 0.25) is 0 Å². The molecule has 1 rings (SSSR count). The Balaban J connectivity index is 2.54. The molecule has 0 radical (unpaired) electrons. The zero-order chi connectivity index (χ0) is 12.1. The molecule has 1 N–H and O–H groups in total. The highest BCUT2D eigenvalue weighted by atomic mass is 32.2. The molecular weight excluding hydrogens is 218 g/mol. The summed E-state index contributed by atoms with van der Waals surface area (Å²) in [5.41, 5.74) is 4.00. The van der Waals surface area contributed by atoms with Crippen LogP contribution in [0.4, 0.5) is 0 Å². The lowest BCUT2D eigenvalue weighted by molar-refractivity contribution is 0.586. The largest absolute Gasteiger partial charge is 0.309 e. The number of rotatable bonds is 5. The van der Waals surface area contributed by atoms with Gasteiger partial charge in [-0.1, -0.05) is 18.2 Å². The van der Waals surface area contributed by atoms with Crippen molar-refractivity contribution < 1.29 is 4.21 Å². The summed E-state index contributed by atoms with van der Waals surface area (Å²) in [6, 6.07) is 6.65. The molecule has 0 aliphatic heterocycles. The molecule has 0 bridgehead atoms. The second kappa shape index (κ2) is 6.16. The highest BCUT2D eigenvalue weighted by molar-refractivity contribution is 7.84. The lowest BCUT2D eigenvalue weighted by Crippen LogP contribution is -2.30. The summed E-state index contributed by atoms with van der Waals surface area (Å²) < 4.78 is 11.1. The molecule has 1 aromatic rings. The number of aryl methyl sites for hydroxylation is 1. The molecule has 16 heavy (non-hydrogen) atoms. The zero-order valence-electron chi connectivity index (χ0n) is 10.5. The zero-order valence-corrected chi connectivity index (χ0v) is 11.4. The highest BCUT2D eigenvalue weighted by Crippen LogP contribution is 2.12. The van der Waals surface area contributed by atoms with E-state index in [4.69, 9.17) is 0 Å². The van der Waals surface area contributed by atoms with Crippen LogP contribution in [0.5, 0.6) is 0 Å². The normalized spacial score (nSPS) is 14.8. The minimum Gasteiger partial charge on any atom is -0.309 e. The summed E-state index contributed by atoms with van der Waals surface area (Å²) in [4.78, 5) is 0. The van der Waals surface area contributed by atoms with Crippen LogP contribution in [0.15, 0.2) is 18.2 Å². The van der Waals surface area contributed by atoms with E-state index < -0.39 is 10.8 Å². The van der Waals surface area contributed by atoms with E-state index in [0.717, 1.165) is 6.54 Å². The molecule has 0 fully saturated rings. The Morgan fingerprint density at radius 3 is 2.69 bits per heavy atom. The van der Waals surface area contributed by atoms with Crippen LogP contribution in [0.3, 0.4) is 0 Å². The van der Waals surface area contributed by atoms with Gasteiger partial charge in [-0.15, -0.1) is 0 Å². The van der Waals surface area contributed by atoms with Gasteiger partial charge in [0.25, 0.3) is 0 Å². The van der Waals surface area contributed by atoms with Crippen LogP contribution in [-0.4, -0.2) is 22.3 Å². The van der Waals surface area contributed by atoms with Crippen molar-refractivity contribution in [3.63, 3.8) is 0 Å². The van der Waals surface area contributed by atoms with Crippen LogP contribution < -0.4 is 5.32 Å². The van der Waals surface area contributed by atoms with Gasteiger partial charge in [-0.25, -0.2) is 0 Å². The third-order valence-corrected chi connectivity index (χ3v) is 3.81. The smallest absolute Gasteiger partial charge is 0.0383 e. The van der Waals surface area contributed by atoms with E-state index >= 15 is 0 Å². The Labute approximate surface area is 101 Å². The summed E-state index contributed by atoms with van der Waals surface area (Å²) in [7, 11) is -0.726. The Hall–Kier alpha value is -0.670. The topological polar surface area (TPSA) is 29.1 Å². The molecule has 0 spiro atoms. The quantitative estimate of drug-likeness (QED) is 0.853. The summed E-state index contributed by atoms with van der Waals surface area (Å²) in [5, 5.41) is 3.41. The van der Waals surface area contributed by atoms with Gasteiger partial charge in [0.15, 0.2) is 0 Å². The average Bonchev–Trinajstić information content (AvgIpc) is 2.19. The van der Waals surface area contributed by atoms with Gasteiger partial charge in [-0.3, -0.25) is 4.21 Å². The van der Waals surface area contributed by atoms with Crippen LogP contribution >= 0.6 is 0 Å². The van der Waals surface area contributed by atoms with E-state index in [9.17, 15) is 4.21 Å². The summed E-state index contributed by atoms with van der Waals surface area (Å²) in [6.07, 6.45) is 1.75. The fourth-order valence-electron chi connectivity index (χ4n) is 1.70. The summed E-state index contributed by atoms with van der Waals surface area (Å²) in [6.45, 7) is 7.21. The van der Waals surface area contributed by atoms with Crippen molar-refractivity contribution in [2.24, 2.45) is 0 Å². The van der Waals surface area contributed by atoms with E-state index in [1.807, 2.05) is 0 Å². The second-order valence-electron chi connectivity index (χ2n) is 4.38. The maximum Gasteiger partial charge on any atom is 0.0383 e. The molecular formula is C13H21NOS. The number of nitrogens with one attached hydrogen (secondary N) is 1. The van der Waals surface area contributed by atoms with Crippen molar-refractivity contribution in [2.75, 3.05) is 12.0 Å². The van der Waals surface area contributed by atoms with Crippen molar-refractivity contribution in [3.05, 3.63) is 34.9 Å². The van der Waals surface area contributed by atoms with E-state index in [1.54, 1.807) is 6.26 Å². The second-order valence-corrected chi connectivity index (χ2v) is 5.86. The number of hydrogen-bond acceptors (Lipinski definition) is 2. The third kappa shape index (κ3) is 4.06. The lowest BCUT2D eigenvalue weighted by Gasteiger charge is -2.14. The number of benzene rings is 1. The molecule has 2 nitrogen and oxygen atoms in total. The molecule has 0 aliphatic carbocycles. The molecule has 2 unspecified atom stereocenters. The first-order valence-corrected chi connectivity index (χ1v) is 7.32. The minimum atomic E-state index is -0.726. The molecule has 0 heterocycles. The van der Waals surface area contributed by atoms with Gasteiger partial charge in [0.1, 0.15) is 0 Å². The first kappa shape index (κ1) is 13.4. The van der Waals surface area contributed by atoms with Gasteiger partial charge < -0.3 is 5.32 Å². The van der Waals surface area contributed by atoms with E-state index in [-0.39, 0.29) is 0 Å². The Morgan fingerprint density at radius 1 is 1.38 bits per heavy atom. The lowest BCUT2D eigenvalue weighted by atomic mass is 10.0. The van der Waals surface area contributed by atoms with E-state index in [2.05, 4.69) is 44.3 Å². The number of hydrogen-bond donors (Lipinski definition) is 1. The summed E-state index contributed by atoms with van der Waals surface area (Å²) >= 11 is 0. The standard InChI is InChI=1S/C13H21NOS/c1-10-6-5-7-13(12(10)3)8-14-11(2)9-16(4)15/h5-7,11,14H,8-9H2,1-4H3. The van der Waals surface area contributed by atoms with Crippen molar-refractivity contribution in [3.8, 4) is 0 Å². The molecule has 0 aliphatic rings. The third-order valence-electron chi connectivity index (χ3n) is 2.84. The van der Waals surface area contributed by atoms with E-state index in [1.165, 1.54) is 16.7 Å². The minimum absolute atomic E-state index is 0.297. The summed E-state index contributed by atoms with van der Waals surface area (Å²) in [5.74, 6) is 0.713. The first-order valence-electron chi connectivity index (χ1n) is 5.59. The van der Waals surface area contributed by atoms with Crippen LogP contribution in [0, 0.1) is 13.8 Å². The first-order chi connectivity index (χ1) is 7.50. The molecule has 0 amide bonds. The molecule has 2 atom stereocenters. The molecule has 0 saturated heterocycles. The fraction of sp³-hybridized carbons (Fsp3) is 0.538. The van der Waals surface area contributed by atoms with Crippen LogP contribution in [0.1, 0.15) is 23.6 Å². The van der Waals surface area contributed by atoms with Gasteiger partial charge in [0, 0.05) is 35.4 Å². The van der Waals surface area contributed by atoms with Crippen molar-refractivity contribution in [1.29, 1.82) is 0 Å². The maximum absolute atomic E-state index is 11.1. The molecule has 1 aromatic carbocycles. The Bertz CT molecular complexity index is 376. The maximum atomic E-state index is 11.1. The van der Waals surface area contributed by atoms with Gasteiger partial charge in [0.2, 0.25) is 0 Å². The SMILES string of the molecule is Cc1cccc(CNC(C)CS(C)=O)c1C. The van der Waals surface area contributed by atoms with Crippen LogP contribution in [-0.2, 0) is 17.3 Å². The Morgan fingerprint density at radius 2 is 2.06 bits per heavy atom. The van der Waals surface area contributed by atoms with Crippen LogP contribution in [0.25, 0.3) is 0 Å². The van der Waals surface area contributed by atoms with Gasteiger partial charge >= 0.3 is 0 Å².